The Hall–Kier alpha value is -3.98. The van der Waals surface area contributed by atoms with E-state index < -0.39 is 36.4 Å². The minimum atomic E-state index is -0.619. The van der Waals surface area contributed by atoms with Crippen LogP contribution in [0, 0.1) is 24.7 Å². The highest BCUT2D eigenvalue weighted by Crippen LogP contribution is 2.31. The van der Waals surface area contributed by atoms with E-state index >= 15 is 0 Å². The molecule has 2 aromatic carbocycles. The Bertz CT molecular complexity index is 1000. The second kappa shape index (κ2) is 10.8. The van der Waals surface area contributed by atoms with Gasteiger partial charge in [0.15, 0.2) is 12.2 Å². The number of ether oxygens (including phenoxy) is 6. The van der Waals surface area contributed by atoms with E-state index in [-0.39, 0.29) is 26.4 Å². The van der Waals surface area contributed by atoms with Gasteiger partial charge in [0.25, 0.3) is 0 Å². The fourth-order valence-corrected chi connectivity index (χ4v) is 3.67. The van der Waals surface area contributed by atoms with Crippen molar-refractivity contribution in [3.63, 3.8) is 0 Å². The summed E-state index contributed by atoms with van der Waals surface area (Å²) in [4.78, 5) is 25.1. The normalized spacial score (nSPS) is 22.6. The molecule has 4 rings (SSSR count). The average molecular weight is 462 g/mol. The molecule has 0 unspecified atom stereocenters. The molecule has 2 aliphatic heterocycles. The third-order valence-electron chi connectivity index (χ3n) is 5.30. The molecule has 0 N–H and O–H groups in total. The molecule has 2 saturated heterocycles. The Morgan fingerprint density at radius 3 is 1.47 bits per heavy atom. The molecule has 8 heteroatoms. The zero-order valence-electron chi connectivity index (χ0n) is 18.2. The van der Waals surface area contributed by atoms with Crippen molar-refractivity contribution in [1.29, 1.82) is 0 Å². The van der Waals surface area contributed by atoms with Gasteiger partial charge in [-0.05, 0) is 48.5 Å². The highest BCUT2D eigenvalue weighted by molar-refractivity contribution is 5.90. The lowest BCUT2D eigenvalue weighted by atomic mass is 10.1. The molecule has 34 heavy (non-hydrogen) atoms. The number of hydrogen-bond acceptors (Lipinski definition) is 8. The summed E-state index contributed by atoms with van der Waals surface area (Å²) in [5.74, 6) is 4.81. The van der Waals surface area contributed by atoms with Crippen LogP contribution < -0.4 is 9.47 Å². The molecule has 0 radical (unpaired) electrons. The summed E-state index contributed by atoms with van der Waals surface area (Å²) in [6.07, 6.45) is 8.03. The quantitative estimate of drug-likeness (QED) is 0.436. The van der Waals surface area contributed by atoms with E-state index in [1.165, 1.54) is 0 Å². The number of carbonyl (C=O) groups is 2. The number of terminal acetylenes is 2. The van der Waals surface area contributed by atoms with E-state index in [0.29, 0.717) is 22.6 Å². The summed E-state index contributed by atoms with van der Waals surface area (Å²) in [5, 5.41) is 0. The maximum absolute atomic E-state index is 12.5. The second-order valence-electron chi connectivity index (χ2n) is 7.52. The van der Waals surface area contributed by atoms with E-state index in [9.17, 15) is 9.59 Å². The standard InChI is InChI=1S/C26H22O8/c1-3-13-29-19-9-5-17(6-10-19)25(27)33-21-15-31-24-22(16-32-23(21)24)34-26(28)18-7-11-20(12-8-18)30-14-4-2/h1-2,5-12,21-24H,13-16H2/t21-,22+,23-,24-/m1/s1. The van der Waals surface area contributed by atoms with Crippen molar-refractivity contribution in [2.24, 2.45) is 0 Å². The lowest BCUT2D eigenvalue weighted by Gasteiger charge is -2.17. The van der Waals surface area contributed by atoms with Crippen molar-refractivity contribution in [2.45, 2.75) is 24.4 Å². The monoisotopic (exact) mass is 462 g/mol. The van der Waals surface area contributed by atoms with Crippen molar-refractivity contribution >= 4 is 11.9 Å². The van der Waals surface area contributed by atoms with Gasteiger partial charge in [-0.25, -0.2) is 9.59 Å². The van der Waals surface area contributed by atoms with E-state index in [0.717, 1.165) is 0 Å². The average Bonchev–Trinajstić information content (AvgIpc) is 3.45. The number of fused-ring (bicyclic) bond motifs is 1. The summed E-state index contributed by atoms with van der Waals surface area (Å²) in [5.41, 5.74) is 0.708. The Labute approximate surface area is 197 Å². The van der Waals surface area contributed by atoms with Gasteiger partial charge in [-0.2, -0.15) is 0 Å². The smallest absolute Gasteiger partial charge is 0.338 e. The van der Waals surface area contributed by atoms with Crippen LogP contribution in [0.1, 0.15) is 20.7 Å². The van der Waals surface area contributed by atoms with Gasteiger partial charge in [-0.1, -0.05) is 11.8 Å². The van der Waals surface area contributed by atoms with Gasteiger partial charge in [0.2, 0.25) is 0 Å². The molecular formula is C26H22O8. The van der Waals surface area contributed by atoms with Crippen molar-refractivity contribution in [2.75, 3.05) is 26.4 Å². The van der Waals surface area contributed by atoms with Gasteiger partial charge in [0.1, 0.15) is 36.9 Å². The molecule has 2 aromatic rings. The fourth-order valence-electron chi connectivity index (χ4n) is 3.67. The molecule has 4 atom stereocenters. The second-order valence-corrected chi connectivity index (χ2v) is 7.52. The van der Waals surface area contributed by atoms with Crippen molar-refractivity contribution in [3.05, 3.63) is 59.7 Å². The molecule has 0 spiro atoms. The first-order valence-electron chi connectivity index (χ1n) is 10.6. The predicted molar refractivity (Wildman–Crippen MR) is 119 cm³/mol. The van der Waals surface area contributed by atoms with E-state index in [1.54, 1.807) is 48.5 Å². The maximum Gasteiger partial charge on any atom is 0.338 e. The molecule has 174 valence electrons. The number of benzene rings is 2. The summed E-state index contributed by atoms with van der Waals surface area (Å²) < 4.78 is 33.2. The van der Waals surface area contributed by atoms with E-state index in [1.807, 2.05) is 0 Å². The van der Waals surface area contributed by atoms with Crippen LogP contribution in [-0.2, 0) is 18.9 Å². The van der Waals surface area contributed by atoms with Gasteiger partial charge in [-0.15, -0.1) is 12.8 Å². The van der Waals surface area contributed by atoms with Crippen molar-refractivity contribution in [3.8, 4) is 36.2 Å². The lowest BCUT2D eigenvalue weighted by Crippen LogP contribution is -2.36. The third kappa shape index (κ3) is 5.32. The lowest BCUT2D eigenvalue weighted by molar-refractivity contribution is -0.0287. The molecule has 0 aliphatic carbocycles. The minimum absolute atomic E-state index is 0.139. The predicted octanol–water partition coefficient (Wildman–Crippen LogP) is 2.26. The molecule has 0 aromatic heterocycles. The Kier molecular flexibility index (Phi) is 7.34. The highest BCUT2D eigenvalue weighted by atomic mass is 16.7. The molecule has 2 heterocycles. The summed E-state index contributed by atoms with van der Waals surface area (Å²) in [7, 11) is 0. The van der Waals surface area contributed by atoms with Crippen molar-refractivity contribution < 1.29 is 38.0 Å². The highest BCUT2D eigenvalue weighted by Gasteiger charge is 2.51. The first kappa shape index (κ1) is 23.2. The molecule has 0 amide bonds. The molecule has 0 saturated carbocycles. The number of carbonyl (C=O) groups excluding carboxylic acids is 2. The first-order valence-corrected chi connectivity index (χ1v) is 10.6. The van der Waals surface area contributed by atoms with Crippen LogP contribution >= 0.6 is 0 Å². The Morgan fingerprint density at radius 1 is 0.735 bits per heavy atom. The third-order valence-corrected chi connectivity index (χ3v) is 5.30. The molecule has 2 fully saturated rings. The van der Waals surface area contributed by atoms with Crippen molar-refractivity contribution in [1.82, 2.24) is 0 Å². The van der Waals surface area contributed by atoms with Gasteiger partial charge in [0.05, 0.1) is 24.3 Å². The van der Waals surface area contributed by atoms with Crippen LogP contribution in [0.5, 0.6) is 11.5 Å². The largest absolute Gasteiger partial charge is 0.481 e. The Morgan fingerprint density at radius 2 is 1.12 bits per heavy atom. The molecule has 0 bridgehead atoms. The number of hydrogen-bond donors (Lipinski definition) is 0. The zero-order valence-corrected chi connectivity index (χ0v) is 18.2. The van der Waals surface area contributed by atoms with Gasteiger partial charge in [0, 0.05) is 0 Å². The van der Waals surface area contributed by atoms with Crippen LogP contribution in [-0.4, -0.2) is 62.8 Å². The fraction of sp³-hybridized carbons (Fsp3) is 0.308. The van der Waals surface area contributed by atoms with E-state index in [4.69, 9.17) is 41.3 Å². The van der Waals surface area contributed by atoms with Gasteiger partial charge in [-0.3, -0.25) is 0 Å². The zero-order chi connectivity index (χ0) is 23.9. The SMILES string of the molecule is C#CCOc1ccc(C(=O)O[C@H]2CO[C@H]3[C@@H]2OC[C@H]3OC(=O)c2ccc(OCC#C)cc2)cc1. The summed E-state index contributed by atoms with van der Waals surface area (Å²) in [6.45, 7) is 0.558. The summed E-state index contributed by atoms with van der Waals surface area (Å²) in [6, 6.07) is 12.9. The van der Waals surface area contributed by atoms with E-state index in [2.05, 4.69) is 11.8 Å². The van der Waals surface area contributed by atoms with Crippen LogP contribution in [0.2, 0.25) is 0 Å². The van der Waals surface area contributed by atoms with Crippen LogP contribution in [0.15, 0.2) is 48.5 Å². The number of rotatable bonds is 8. The topological polar surface area (TPSA) is 89.5 Å². The maximum atomic E-state index is 12.5. The Balaban J connectivity index is 1.30. The minimum Gasteiger partial charge on any atom is -0.481 e. The molecule has 8 nitrogen and oxygen atoms in total. The van der Waals surface area contributed by atoms with Crippen LogP contribution in [0.25, 0.3) is 0 Å². The van der Waals surface area contributed by atoms with Crippen LogP contribution in [0.3, 0.4) is 0 Å². The number of esters is 2. The first-order chi connectivity index (χ1) is 16.6. The molecular weight excluding hydrogens is 440 g/mol. The van der Waals surface area contributed by atoms with Gasteiger partial charge >= 0.3 is 11.9 Å². The van der Waals surface area contributed by atoms with Gasteiger partial charge < -0.3 is 28.4 Å². The molecule has 2 aliphatic rings. The summed E-state index contributed by atoms with van der Waals surface area (Å²) >= 11 is 0. The van der Waals surface area contributed by atoms with Crippen LogP contribution in [0.4, 0.5) is 0 Å².